The summed E-state index contributed by atoms with van der Waals surface area (Å²) in [6.07, 6.45) is 0. The first-order valence-electron chi connectivity index (χ1n) is 4.36. The average molecular weight is 206 g/mol. The van der Waals surface area contributed by atoms with Gasteiger partial charge >= 0.3 is 5.97 Å². The molecule has 0 saturated heterocycles. The van der Waals surface area contributed by atoms with Crippen molar-refractivity contribution in [3.63, 3.8) is 0 Å². The van der Waals surface area contributed by atoms with Crippen molar-refractivity contribution >= 4 is 23.0 Å². The number of aliphatic carboxylic acids is 1. The highest BCUT2D eigenvalue weighted by Crippen LogP contribution is 2.18. The van der Waals surface area contributed by atoms with Gasteiger partial charge in [-0.1, -0.05) is 12.1 Å². The van der Waals surface area contributed by atoms with Crippen LogP contribution in [-0.2, 0) is 11.3 Å². The Bertz CT molecular complexity index is 506. The lowest BCUT2D eigenvalue weighted by molar-refractivity contribution is -0.137. The molecular formula is C9H10N4O2. The van der Waals surface area contributed by atoms with Crippen LogP contribution in [0.1, 0.15) is 0 Å². The van der Waals surface area contributed by atoms with Crippen LogP contribution in [0.3, 0.4) is 0 Å². The number of fused-ring (bicyclic) bond motifs is 1. The predicted octanol–water partition coefficient (Wildman–Crippen LogP) is 0.407. The number of benzene rings is 1. The lowest BCUT2D eigenvalue weighted by Crippen LogP contribution is -2.16. The Kier molecular flexibility index (Phi) is 2.26. The van der Waals surface area contributed by atoms with Crippen LogP contribution in [0.4, 0.5) is 5.95 Å². The summed E-state index contributed by atoms with van der Waals surface area (Å²) < 4.78 is 1.51. The Morgan fingerprint density at radius 1 is 1.53 bits per heavy atom. The van der Waals surface area contributed by atoms with Gasteiger partial charge in [0.05, 0.1) is 11.0 Å². The summed E-state index contributed by atoms with van der Waals surface area (Å²) >= 11 is 0. The topological polar surface area (TPSA) is 93.2 Å². The zero-order chi connectivity index (χ0) is 10.8. The SMILES string of the molecule is NNc1nc2ccccc2n1CC(=O)O. The number of nitrogen functional groups attached to an aromatic ring is 1. The third kappa shape index (κ3) is 1.62. The number of imidazole rings is 1. The van der Waals surface area contributed by atoms with E-state index in [-0.39, 0.29) is 6.54 Å². The van der Waals surface area contributed by atoms with Gasteiger partial charge in [0.25, 0.3) is 0 Å². The first-order valence-corrected chi connectivity index (χ1v) is 4.36. The summed E-state index contributed by atoms with van der Waals surface area (Å²) in [5.41, 5.74) is 3.84. The number of carboxylic acid groups (broad SMARTS) is 1. The molecule has 0 atom stereocenters. The van der Waals surface area contributed by atoms with Gasteiger partial charge in [0.2, 0.25) is 5.95 Å². The minimum Gasteiger partial charge on any atom is -0.480 e. The van der Waals surface area contributed by atoms with Crippen molar-refractivity contribution in [2.24, 2.45) is 5.84 Å². The van der Waals surface area contributed by atoms with E-state index in [1.54, 1.807) is 12.1 Å². The van der Waals surface area contributed by atoms with Gasteiger partial charge in [0, 0.05) is 0 Å². The maximum Gasteiger partial charge on any atom is 0.323 e. The van der Waals surface area contributed by atoms with E-state index in [0.717, 1.165) is 5.52 Å². The molecular weight excluding hydrogens is 196 g/mol. The number of hydrazine groups is 1. The molecule has 0 aliphatic rings. The van der Waals surface area contributed by atoms with Crippen molar-refractivity contribution in [1.82, 2.24) is 9.55 Å². The molecule has 0 saturated carbocycles. The molecule has 2 aromatic rings. The monoisotopic (exact) mass is 206 g/mol. The van der Waals surface area contributed by atoms with Gasteiger partial charge in [-0.05, 0) is 12.1 Å². The van der Waals surface area contributed by atoms with Crippen LogP contribution in [0.2, 0.25) is 0 Å². The Morgan fingerprint density at radius 2 is 2.27 bits per heavy atom. The molecule has 1 heterocycles. The molecule has 0 bridgehead atoms. The van der Waals surface area contributed by atoms with Crippen molar-refractivity contribution in [3.8, 4) is 0 Å². The minimum absolute atomic E-state index is 0.167. The second kappa shape index (κ2) is 3.58. The molecule has 0 unspecified atom stereocenters. The molecule has 0 fully saturated rings. The maximum absolute atomic E-state index is 10.7. The fourth-order valence-electron chi connectivity index (χ4n) is 1.48. The molecule has 0 aliphatic heterocycles. The third-order valence-electron chi connectivity index (χ3n) is 2.08. The molecule has 0 amide bonds. The van der Waals surface area contributed by atoms with E-state index >= 15 is 0 Å². The van der Waals surface area contributed by atoms with E-state index in [1.807, 2.05) is 12.1 Å². The number of nitrogens with one attached hydrogen (secondary N) is 1. The zero-order valence-electron chi connectivity index (χ0n) is 7.84. The largest absolute Gasteiger partial charge is 0.480 e. The first kappa shape index (κ1) is 9.47. The summed E-state index contributed by atoms with van der Waals surface area (Å²) in [5.74, 6) is 4.67. The quantitative estimate of drug-likeness (QED) is 0.499. The standard InChI is InChI=1S/C9H10N4O2/c10-12-9-11-6-3-1-2-4-7(6)13(9)5-8(14)15/h1-4H,5,10H2,(H,11,12)(H,14,15). The van der Waals surface area contributed by atoms with E-state index in [4.69, 9.17) is 10.9 Å². The van der Waals surface area contributed by atoms with Crippen LogP contribution >= 0.6 is 0 Å². The molecule has 6 nitrogen and oxygen atoms in total. The fraction of sp³-hybridized carbons (Fsp3) is 0.111. The number of hydrogen-bond donors (Lipinski definition) is 3. The van der Waals surface area contributed by atoms with Crippen LogP contribution in [0.25, 0.3) is 11.0 Å². The number of nitrogens with zero attached hydrogens (tertiary/aromatic N) is 2. The van der Waals surface area contributed by atoms with Crippen LogP contribution in [-0.4, -0.2) is 20.6 Å². The molecule has 0 radical (unpaired) electrons. The van der Waals surface area contributed by atoms with E-state index < -0.39 is 5.97 Å². The first-order chi connectivity index (χ1) is 7.22. The van der Waals surface area contributed by atoms with Gasteiger partial charge in [-0.15, -0.1) is 0 Å². The average Bonchev–Trinajstić information content (AvgIpc) is 2.56. The molecule has 15 heavy (non-hydrogen) atoms. The van der Waals surface area contributed by atoms with Crippen molar-refractivity contribution in [3.05, 3.63) is 24.3 Å². The van der Waals surface area contributed by atoms with Crippen LogP contribution in [0, 0.1) is 0 Å². The van der Waals surface area contributed by atoms with E-state index in [1.165, 1.54) is 4.57 Å². The molecule has 1 aromatic heterocycles. The number of carbonyl (C=O) groups is 1. The highest BCUT2D eigenvalue weighted by atomic mass is 16.4. The normalized spacial score (nSPS) is 10.5. The predicted molar refractivity (Wildman–Crippen MR) is 55.2 cm³/mol. The van der Waals surface area contributed by atoms with Crippen molar-refractivity contribution in [2.75, 3.05) is 5.43 Å². The van der Waals surface area contributed by atoms with Crippen LogP contribution in [0.5, 0.6) is 0 Å². The van der Waals surface area contributed by atoms with Gasteiger partial charge in [-0.2, -0.15) is 0 Å². The minimum atomic E-state index is -0.936. The molecule has 2 rings (SSSR count). The zero-order valence-corrected chi connectivity index (χ0v) is 7.84. The molecule has 0 aliphatic carbocycles. The van der Waals surface area contributed by atoms with Gasteiger partial charge in [-0.3, -0.25) is 14.8 Å². The molecule has 78 valence electrons. The highest BCUT2D eigenvalue weighted by molar-refractivity contribution is 5.80. The Labute approximate surface area is 85.3 Å². The van der Waals surface area contributed by atoms with Gasteiger partial charge in [0.1, 0.15) is 6.54 Å². The fourth-order valence-corrected chi connectivity index (χ4v) is 1.48. The Morgan fingerprint density at radius 3 is 2.93 bits per heavy atom. The van der Waals surface area contributed by atoms with Crippen molar-refractivity contribution in [1.29, 1.82) is 0 Å². The van der Waals surface area contributed by atoms with Crippen molar-refractivity contribution in [2.45, 2.75) is 6.54 Å². The maximum atomic E-state index is 10.7. The lowest BCUT2D eigenvalue weighted by Gasteiger charge is -2.04. The Hall–Kier alpha value is -2.08. The van der Waals surface area contributed by atoms with Crippen LogP contribution in [0.15, 0.2) is 24.3 Å². The summed E-state index contributed by atoms with van der Waals surface area (Å²) in [6, 6.07) is 7.25. The highest BCUT2D eigenvalue weighted by Gasteiger charge is 2.11. The lowest BCUT2D eigenvalue weighted by atomic mass is 10.3. The smallest absolute Gasteiger partial charge is 0.323 e. The summed E-state index contributed by atoms with van der Waals surface area (Å²) in [6.45, 7) is -0.167. The number of hydrogen-bond acceptors (Lipinski definition) is 4. The number of rotatable bonds is 3. The summed E-state index contributed by atoms with van der Waals surface area (Å²) in [4.78, 5) is 14.8. The van der Waals surface area contributed by atoms with E-state index in [9.17, 15) is 4.79 Å². The van der Waals surface area contributed by atoms with Gasteiger partial charge < -0.3 is 5.11 Å². The molecule has 4 N–H and O–H groups in total. The Balaban J connectivity index is 2.61. The molecule has 0 spiro atoms. The molecule has 6 heteroatoms. The van der Waals surface area contributed by atoms with Crippen LogP contribution < -0.4 is 11.3 Å². The number of nitrogens with two attached hydrogens (primary N) is 1. The molecule has 1 aromatic carbocycles. The number of para-hydroxylation sites is 2. The third-order valence-corrected chi connectivity index (χ3v) is 2.08. The van der Waals surface area contributed by atoms with E-state index in [2.05, 4.69) is 10.4 Å². The van der Waals surface area contributed by atoms with E-state index in [0.29, 0.717) is 11.5 Å². The number of aromatic nitrogens is 2. The number of carboxylic acids is 1. The second-order valence-corrected chi connectivity index (χ2v) is 3.05. The van der Waals surface area contributed by atoms with Crippen molar-refractivity contribution < 1.29 is 9.90 Å². The summed E-state index contributed by atoms with van der Waals surface area (Å²) in [5, 5.41) is 8.75. The second-order valence-electron chi connectivity index (χ2n) is 3.05. The van der Waals surface area contributed by atoms with Gasteiger partial charge in [-0.25, -0.2) is 10.8 Å². The summed E-state index contributed by atoms with van der Waals surface area (Å²) in [7, 11) is 0. The van der Waals surface area contributed by atoms with Gasteiger partial charge in [0.15, 0.2) is 0 Å². The number of anilines is 1.